The molecule has 0 aliphatic carbocycles. The lowest BCUT2D eigenvalue weighted by Crippen LogP contribution is -2.29. The first-order valence-electron chi connectivity index (χ1n) is 9.00. The van der Waals surface area contributed by atoms with Crippen LogP contribution in [-0.2, 0) is 16.0 Å². The summed E-state index contributed by atoms with van der Waals surface area (Å²) >= 11 is 8.93. The van der Waals surface area contributed by atoms with Crippen LogP contribution in [0.25, 0.3) is 0 Å². The second kappa shape index (κ2) is 10.1. The second-order valence-corrected chi connectivity index (χ2v) is 7.67. The fourth-order valence-corrected chi connectivity index (χ4v) is 3.10. The minimum absolute atomic E-state index is 0.106. The fourth-order valence-electron chi connectivity index (χ4n) is 2.66. The van der Waals surface area contributed by atoms with Crippen LogP contribution in [0.5, 0.6) is 0 Å². The van der Waals surface area contributed by atoms with Crippen LogP contribution in [0.2, 0.25) is 5.02 Å². The van der Waals surface area contributed by atoms with Gasteiger partial charge in [-0.15, -0.1) is 0 Å². The highest BCUT2D eigenvalue weighted by Gasteiger charge is 2.26. The maximum absolute atomic E-state index is 12.5. The minimum atomic E-state index is -1.45. The molecule has 0 saturated heterocycles. The molecule has 1 heterocycles. The van der Waals surface area contributed by atoms with E-state index in [1.165, 1.54) is 6.07 Å². The molecule has 1 atom stereocenters. The second-order valence-electron chi connectivity index (χ2n) is 6.46. The number of anilines is 2. The molecule has 2 aromatic carbocycles. The van der Waals surface area contributed by atoms with Gasteiger partial charge in [-0.05, 0) is 70.0 Å². The number of halogens is 2. The molecule has 0 aliphatic heterocycles. The number of nitrogens with zero attached hydrogens (tertiary/aromatic N) is 1. The van der Waals surface area contributed by atoms with Crippen molar-refractivity contribution in [2.45, 2.75) is 6.42 Å². The average Bonchev–Trinajstić information content (AvgIpc) is 3.18. The van der Waals surface area contributed by atoms with Gasteiger partial charge in [-0.2, -0.15) is 5.26 Å². The molecule has 2 amide bonds. The minimum Gasteiger partial charge on any atom is -0.444 e. The van der Waals surface area contributed by atoms with Gasteiger partial charge in [0, 0.05) is 22.8 Å². The predicted molar refractivity (Wildman–Crippen MR) is 119 cm³/mol. The summed E-state index contributed by atoms with van der Waals surface area (Å²) in [5, 5.41) is 15.0. The van der Waals surface area contributed by atoms with E-state index >= 15 is 0 Å². The summed E-state index contributed by atoms with van der Waals surface area (Å²) in [4.78, 5) is 36.9. The molecule has 3 aromatic rings. The van der Waals surface area contributed by atoms with Crippen molar-refractivity contribution in [2.75, 3.05) is 10.6 Å². The smallest absolute Gasteiger partial charge is 0.291 e. The zero-order valence-corrected chi connectivity index (χ0v) is 18.2. The van der Waals surface area contributed by atoms with E-state index in [0.29, 0.717) is 26.6 Å². The number of hydrogen-bond acceptors (Lipinski definition) is 5. The number of ketones is 1. The molecule has 156 valence electrons. The molecule has 31 heavy (non-hydrogen) atoms. The maximum Gasteiger partial charge on any atom is 0.291 e. The zero-order valence-electron chi connectivity index (χ0n) is 15.9. The van der Waals surface area contributed by atoms with Crippen LogP contribution in [0.3, 0.4) is 0 Å². The lowest BCUT2D eigenvalue weighted by Gasteiger charge is -2.10. The lowest BCUT2D eigenvalue weighted by molar-refractivity contribution is -0.128. The Balaban J connectivity index is 1.59. The number of rotatable bonds is 7. The molecule has 1 aromatic heterocycles. The monoisotopic (exact) mass is 499 g/mol. The van der Waals surface area contributed by atoms with E-state index in [1.807, 2.05) is 0 Å². The van der Waals surface area contributed by atoms with E-state index in [2.05, 4.69) is 26.6 Å². The number of nitriles is 1. The summed E-state index contributed by atoms with van der Waals surface area (Å²) < 4.78 is 5.63. The number of benzene rings is 2. The van der Waals surface area contributed by atoms with Crippen molar-refractivity contribution < 1.29 is 18.8 Å². The largest absolute Gasteiger partial charge is 0.444 e. The Morgan fingerprint density at radius 2 is 1.58 bits per heavy atom. The average molecular weight is 501 g/mol. The third-order valence-electron chi connectivity index (χ3n) is 4.21. The van der Waals surface area contributed by atoms with Gasteiger partial charge < -0.3 is 15.1 Å². The standard InChI is InChI=1S/C22H15BrClN3O4/c23-20-10-9-19(31-20)22(30)27-15-5-1-13(2-6-15)11-18(28)17(12-25)21(29)26-16-7-3-14(24)4-8-16/h1-10,17H,11H2,(H,26,29)(H,27,30). The number of amides is 2. The van der Waals surface area contributed by atoms with E-state index in [-0.39, 0.29) is 12.2 Å². The Kier molecular flexibility index (Phi) is 7.23. The lowest BCUT2D eigenvalue weighted by atomic mass is 9.98. The van der Waals surface area contributed by atoms with E-state index in [4.69, 9.17) is 16.0 Å². The number of Topliss-reactive ketones (excluding diaryl/α,β-unsaturated/α-hetero) is 1. The van der Waals surface area contributed by atoms with Gasteiger partial charge >= 0.3 is 0 Å². The molecular weight excluding hydrogens is 486 g/mol. The first kappa shape index (κ1) is 22.3. The first-order chi connectivity index (χ1) is 14.9. The molecule has 1 unspecified atom stereocenters. The molecule has 0 bridgehead atoms. The van der Waals surface area contributed by atoms with Gasteiger partial charge in [-0.3, -0.25) is 14.4 Å². The number of carbonyl (C=O) groups is 3. The van der Waals surface area contributed by atoms with E-state index in [0.717, 1.165) is 0 Å². The van der Waals surface area contributed by atoms with Crippen LogP contribution in [-0.4, -0.2) is 17.6 Å². The topological polar surface area (TPSA) is 112 Å². The highest BCUT2D eigenvalue weighted by atomic mass is 79.9. The van der Waals surface area contributed by atoms with Gasteiger partial charge in [0.25, 0.3) is 5.91 Å². The van der Waals surface area contributed by atoms with Crippen molar-refractivity contribution in [1.29, 1.82) is 5.26 Å². The molecule has 0 saturated carbocycles. The van der Waals surface area contributed by atoms with Crippen molar-refractivity contribution in [3.63, 3.8) is 0 Å². The third-order valence-corrected chi connectivity index (χ3v) is 4.89. The third kappa shape index (κ3) is 6.04. The van der Waals surface area contributed by atoms with Crippen LogP contribution >= 0.6 is 27.5 Å². The van der Waals surface area contributed by atoms with E-state index in [1.54, 1.807) is 60.7 Å². The molecule has 7 nitrogen and oxygen atoms in total. The summed E-state index contributed by atoms with van der Waals surface area (Å²) in [6.45, 7) is 0. The van der Waals surface area contributed by atoms with E-state index < -0.39 is 23.5 Å². The van der Waals surface area contributed by atoms with Crippen molar-refractivity contribution in [3.8, 4) is 6.07 Å². The Labute approximate surface area is 191 Å². The Morgan fingerprint density at radius 1 is 0.968 bits per heavy atom. The van der Waals surface area contributed by atoms with E-state index in [9.17, 15) is 19.6 Å². The van der Waals surface area contributed by atoms with Crippen LogP contribution < -0.4 is 10.6 Å². The molecule has 3 rings (SSSR count). The predicted octanol–water partition coefficient (Wildman–Crippen LogP) is 4.84. The van der Waals surface area contributed by atoms with Crippen LogP contribution in [0, 0.1) is 17.2 Å². The molecule has 0 fully saturated rings. The fraction of sp³-hybridized carbons (Fsp3) is 0.0909. The summed E-state index contributed by atoms with van der Waals surface area (Å²) in [7, 11) is 0. The number of nitrogens with one attached hydrogen (secondary N) is 2. The molecule has 0 radical (unpaired) electrons. The van der Waals surface area contributed by atoms with Crippen molar-refractivity contribution in [2.24, 2.45) is 5.92 Å². The highest BCUT2D eigenvalue weighted by molar-refractivity contribution is 9.10. The van der Waals surface area contributed by atoms with Gasteiger partial charge in [0.15, 0.2) is 22.1 Å². The normalized spacial score (nSPS) is 11.3. The summed E-state index contributed by atoms with van der Waals surface area (Å²) in [5.41, 5.74) is 1.54. The van der Waals surface area contributed by atoms with Crippen LogP contribution in [0.4, 0.5) is 11.4 Å². The van der Waals surface area contributed by atoms with Gasteiger partial charge in [0.2, 0.25) is 5.91 Å². The molecule has 9 heteroatoms. The highest BCUT2D eigenvalue weighted by Crippen LogP contribution is 2.18. The number of furan rings is 1. The van der Waals surface area contributed by atoms with Crippen molar-refractivity contribution >= 4 is 56.5 Å². The summed E-state index contributed by atoms with van der Waals surface area (Å²) in [5.74, 6) is -2.96. The Hall–Kier alpha value is -3.41. The molecule has 0 aliphatic rings. The Morgan fingerprint density at radius 3 is 2.16 bits per heavy atom. The van der Waals surface area contributed by atoms with Gasteiger partial charge in [-0.25, -0.2) is 0 Å². The first-order valence-corrected chi connectivity index (χ1v) is 10.2. The van der Waals surface area contributed by atoms with Crippen LogP contribution in [0.15, 0.2) is 69.8 Å². The molecular formula is C22H15BrClN3O4. The maximum atomic E-state index is 12.5. The SMILES string of the molecule is N#CC(C(=O)Cc1ccc(NC(=O)c2ccc(Br)o2)cc1)C(=O)Nc1ccc(Cl)cc1. The summed E-state index contributed by atoms with van der Waals surface area (Å²) in [6, 6.07) is 17.7. The van der Waals surface area contributed by atoms with Crippen LogP contribution in [0.1, 0.15) is 16.1 Å². The van der Waals surface area contributed by atoms with Gasteiger partial charge in [0.1, 0.15) is 0 Å². The molecule has 2 N–H and O–H groups in total. The van der Waals surface area contributed by atoms with Crippen molar-refractivity contribution in [3.05, 3.63) is 81.7 Å². The summed E-state index contributed by atoms with van der Waals surface area (Å²) in [6.07, 6.45) is -0.106. The van der Waals surface area contributed by atoms with Gasteiger partial charge in [0.05, 0.1) is 6.07 Å². The quantitative estimate of drug-likeness (QED) is 0.451. The number of carbonyl (C=O) groups excluding carboxylic acids is 3. The van der Waals surface area contributed by atoms with Gasteiger partial charge in [-0.1, -0.05) is 23.7 Å². The zero-order chi connectivity index (χ0) is 22.4. The number of hydrogen-bond donors (Lipinski definition) is 2. The van der Waals surface area contributed by atoms with Crippen molar-refractivity contribution in [1.82, 2.24) is 0 Å². The Bertz CT molecular complexity index is 1150. The molecule has 0 spiro atoms.